The minimum atomic E-state index is 0.119. The molecule has 16 heavy (non-hydrogen) atoms. The molecule has 5 heteroatoms. The van der Waals surface area contributed by atoms with Gasteiger partial charge in [0.2, 0.25) is 0 Å². The van der Waals surface area contributed by atoms with Crippen LogP contribution in [0.5, 0.6) is 0 Å². The lowest BCUT2D eigenvalue weighted by Crippen LogP contribution is -2.34. The summed E-state index contributed by atoms with van der Waals surface area (Å²) in [6.45, 7) is 2.84. The van der Waals surface area contributed by atoms with Gasteiger partial charge in [-0.25, -0.2) is 0 Å². The molecule has 88 valence electrons. The molecule has 0 amide bonds. The van der Waals surface area contributed by atoms with Gasteiger partial charge in [-0.3, -0.25) is 9.48 Å². The zero-order valence-corrected chi connectivity index (χ0v) is 9.68. The van der Waals surface area contributed by atoms with E-state index in [-0.39, 0.29) is 12.6 Å². The van der Waals surface area contributed by atoms with Crippen molar-refractivity contribution < 1.29 is 9.90 Å². The molecular formula is C11H17N3O2. The van der Waals surface area contributed by atoms with Crippen molar-refractivity contribution in [3.05, 3.63) is 11.3 Å². The molecule has 5 nitrogen and oxygen atoms in total. The van der Waals surface area contributed by atoms with Crippen molar-refractivity contribution in [3.63, 3.8) is 0 Å². The molecule has 0 radical (unpaired) electrons. The maximum absolute atomic E-state index is 11.1. The van der Waals surface area contributed by atoms with Crippen molar-refractivity contribution in [2.24, 2.45) is 7.05 Å². The minimum absolute atomic E-state index is 0.119. The molecule has 0 aromatic carbocycles. The third-order valence-electron chi connectivity index (χ3n) is 3.22. The Balaban J connectivity index is 2.42. The lowest BCUT2D eigenvalue weighted by Gasteiger charge is -2.25. The van der Waals surface area contributed by atoms with E-state index in [1.165, 1.54) is 0 Å². The fourth-order valence-electron chi connectivity index (χ4n) is 2.45. The smallest absolute Gasteiger partial charge is 0.155 e. The quantitative estimate of drug-likeness (QED) is 0.758. The summed E-state index contributed by atoms with van der Waals surface area (Å²) in [6, 6.07) is 0.119. The van der Waals surface area contributed by atoms with Crippen molar-refractivity contribution >= 4 is 12.1 Å². The molecule has 1 aliphatic heterocycles. The number of nitrogens with zero attached hydrogens (tertiary/aromatic N) is 3. The Hall–Kier alpha value is -1.36. The van der Waals surface area contributed by atoms with E-state index >= 15 is 0 Å². The van der Waals surface area contributed by atoms with E-state index in [0.717, 1.165) is 37.2 Å². The van der Waals surface area contributed by atoms with Crippen LogP contribution in [-0.4, -0.2) is 40.4 Å². The number of hydrogen-bond acceptors (Lipinski definition) is 4. The second-order valence-electron chi connectivity index (χ2n) is 4.24. The summed E-state index contributed by atoms with van der Waals surface area (Å²) in [5.41, 5.74) is 1.39. The second kappa shape index (κ2) is 4.25. The number of rotatable bonds is 3. The first-order chi connectivity index (χ1) is 7.69. The fourth-order valence-corrected chi connectivity index (χ4v) is 2.45. The first-order valence-electron chi connectivity index (χ1n) is 5.55. The predicted octanol–water partition coefficient (Wildman–Crippen LogP) is 0.502. The number of aliphatic hydroxyl groups excluding tert-OH is 1. The van der Waals surface area contributed by atoms with E-state index in [1.807, 2.05) is 14.0 Å². The molecule has 0 aliphatic carbocycles. The summed E-state index contributed by atoms with van der Waals surface area (Å²) < 4.78 is 1.73. The zero-order valence-electron chi connectivity index (χ0n) is 9.68. The van der Waals surface area contributed by atoms with Crippen LogP contribution < -0.4 is 4.90 Å². The Morgan fingerprint density at radius 3 is 3.00 bits per heavy atom. The van der Waals surface area contributed by atoms with Gasteiger partial charge >= 0.3 is 0 Å². The van der Waals surface area contributed by atoms with Crippen LogP contribution in [0.1, 0.15) is 28.9 Å². The number of aliphatic hydroxyl groups is 1. The minimum Gasteiger partial charge on any atom is -0.394 e. The first-order valence-corrected chi connectivity index (χ1v) is 5.55. The van der Waals surface area contributed by atoms with Crippen LogP contribution in [0.2, 0.25) is 0 Å². The summed E-state index contributed by atoms with van der Waals surface area (Å²) in [5.74, 6) is 0.837. The summed E-state index contributed by atoms with van der Waals surface area (Å²) in [7, 11) is 1.84. The van der Waals surface area contributed by atoms with E-state index < -0.39 is 0 Å². The average molecular weight is 223 g/mol. The summed E-state index contributed by atoms with van der Waals surface area (Å²) in [4.78, 5) is 13.2. The first kappa shape index (κ1) is 11.1. The van der Waals surface area contributed by atoms with E-state index in [1.54, 1.807) is 4.68 Å². The molecule has 1 fully saturated rings. The number of aryl methyl sites for hydroxylation is 2. The number of aromatic nitrogens is 2. The lowest BCUT2D eigenvalue weighted by molar-refractivity contribution is 0.112. The highest BCUT2D eigenvalue weighted by molar-refractivity contribution is 5.85. The van der Waals surface area contributed by atoms with E-state index in [2.05, 4.69) is 10.00 Å². The van der Waals surface area contributed by atoms with Gasteiger partial charge in [0.05, 0.1) is 23.9 Å². The van der Waals surface area contributed by atoms with Crippen molar-refractivity contribution in [2.45, 2.75) is 25.8 Å². The normalized spacial score (nSPS) is 20.4. The van der Waals surface area contributed by atoms with Crippen LogP contribution in [0.25, 0.3) is 0 Å². The molecule has 1 N–H and O–H groups in total. The van der Waals surface area contributed by atoms with Crippen LogP contribution in [-0.2, 0) is 7.05 Å². The Bertz CT molecular complexity index is 400. The predicted molar refractivity (Wildman–Crippen MR) is 60.8 cm³/mol. The van der Waals surface area contributed by atoms with Crippen molar-refractivity contribution in [3.8, 4) is 0 Å². The molecule has 0 spiro atoms. The molecule has 1 atom stereocenters. The van der Waals surface area contributed by atoms with Gasteiger partial charge < -0.3 is 10.0 Å². The maximum atomic E-state index is 11.1. The van der Waals surface area contributed by atoms with Gasteiger partial charge in [-0.15, -0.1) is 0 Å². The zero-order chi connectivity index (χ0) is 11.7. The maximum Gasteiger partial charge on any atom is 0.155 e. The molecule has 1 aliphatic rings. The third-order valence-corrected chi connectivity index (χ3v) is 3.22. The number of aldehydes is 1. The van der Waals surface area contributed by atoms with Gasteiger partial charge in [0.15, 0.2) is 6.29 Å². The van der Waals surface area contributed by atoms with Crippen molar-refractivity contribution in [2.75, 3.05) is 18.1 Å². The van der Waals surface area contributed by atoms with E-state index in [0.29, 0.717) is 5.56 Å². The van der Waals surface area contributed by atoms with Gasteiger partial charge in [0.1, 0.15) is 5.82 Å². The van der Waals surface area contributed by atoms with Crippen LogP contribution >= 0.6 is 0 Å². The number of carbonyl (C=O) groups is 1. The SMILES string of the molecule is Cc1nn(C)c(N2CCCC2CO)c1C=O. The van der Waals surface area contributed by atoms with Gasteiger partial charge in [-0.2, -0.15) is 5.10 Å². The molecule has 1 aromatic rings. The monoisotopic (exact) mass is 223 g/mol. The third kappa shape index (κ3) is 1.61. The van der Waals surface area contributed by atoms with Crippen LogP contribution in [0.4, 0.5) is 5.82 Å². The molecule has 1 unspecified atom stereocenters. The molecule has 2 rings (SSSR count). The van der Waals surface area contributed by atoms with E-state index in [4.69, 9.17) is 0 Å². The standard InChI is InChI=1S/C11H17N3O2/c1-8-10(7-16)11(13(2)12-8)14-5-3-4-9(14)6-15/h7,9,15H,3-6H2,1-2H3. The molecule has 0 bridgehead atoms. The van der Waals surface area contributed by atoms with Gasteiger partial charge in [0.25, 0.3) is 0 Å². The fraction of sp³-hybridized carbons (Fsp3) is 0.636. The van der Waals surface area contributed by atoms with Crippen LogP contribution in [0.15, 0.2) is 0 Å². The van der Waals surface area contributed by atoms with Crippen LogP contribution in [0.3, 0.4) is 0 Å². The van der Waals surface area contributed by atoms with Crippen molar-refractivity contribution in [1.82, 2.24) is 9.78 Å². The molecule has 1 aromatic heterocycles. The lowest BCUT2D eigenvalue weighted by atomic mass is 10.2. The summed E-state index contributed by atoms with van der Waals surface area (Å²) in [6.07, 6.45) is 2.87. The Morgan fingerprint density at radius 1 is 1.62 bits per heavy atom. The van der Waals surface area contributed by atoms with Gasteiger partial charge in [-0.1, -0.05) is 0 Å². The Morgan fingerprint density at radius 2 is 2.38 bits per heavy atom. The molecule has 0 saturated carbocycles. The average Bonchev–Trinajstić information content (AvgIpc) is 2.81. The molecule has 2 heterocycles. The Labute approximate surface area is 94.7 Å². The summed E-state index contributed by atoms with van der Waals surface area (Å²) in [5, 5.41) is 13.6. The van der Waals surface area contributed by atoms with Crippen molar-refractivity contribution in [1.29, 1.82) is 0 Å². The number of carbonyl (C=O) groups excluding carboxylic acids is 1. The summed E-state index contributed by atoms with van der Waals surface area (Å²) >= 11 is 0. The Kier molecular flexibility index (Phi) is 2.96. The topological polar surface area (TPSA) is 58.4 Å². The largest absolute Gasteiger partial charge is 0.394 e. The molecule has 1 saturated heterocycles. The molecular weight excluding hydrogens is 206 g/mol. The van der Waals surface area contributed by atoms with Gasteiger partial charge in [0, 0.05) is 13.6 Å². The highest BCUT2D eigenvalue weighted by Crippen LogP contribution is 2.28. The highest BCUT2D eigenvalue weighted by atomic mass is 16.3. The van der Waals surface area contributed by atoms with Gasteiger partial charge in [-0.05, 0) is 19.8 Å². The van der Waals surface area contributed by atoms with E-state index in [9.17, 15) is 9.90 Å². The highest BCUT2D eigenvalue weighted by Gasteiger charge is 2.29. The second-order valence-corrected chi connectivity index (χ2v) is 4.24. The number of hydrogen-bond donors (Lipinski definition) is 1. The van der Waals surface area contributed by atoms with Crippen LogP contribution in [0, 0.1) is 6.92 Å². The number of anilines is 1.